The van der Waals surface area contributed by atoms with Crippen molar-refractivity contribution < 1.29 is 4.74 Å². The molecule has 0 bridgehead atoms. The second-order valence-corrected chi connectivity index (χ2v) is 4.89. The lowest BCUT2D eigenvalue weighted by molar-refractivity contribution is 0.127. The Hall–Kier alpha value is -0.820. The summed E-state index contributed by atoms with van der Waals surface area (Å²) < 4.78 is 5.65. The van der Waals surface area contributed by atoms with Crippen LogP contribution in [-0.2, 0) is 11.2 Å². The molecule has 1 radical (unpaired) electrons. The summed E-state index contributed by atoms with van der Waals surface area (Å²) in [6.45, 7) is 4.09. The maximum Gasteiger partial charge on any atom is 0.0469 e. The first kappa shape index (κ1) is 15.2. The lowest BCUT2D eigenvalue weighted by Crippen LogP contribution is -1.98. The molecule has 1 nitrogen and oxygen atoms in total. The third kappa shape index (κ3) is 8.30. The molecule has 0 aliphatic carbocycles. The van der Waals surface area contributed by atoms with E-state index in [2.05, 4.69) is 25.1 Å². The first-order valence-electron chi connectivity index (χ1n) is 7.46. The Balaban J connectivity index is 1.82. The molecule has 0 spiro atoms. The van der Waals surface area contributed by atoms with Gasteiger partial charge in [-0.05, 0) is 30.9 Å². The molecule has 0 saturated carbocycles. The van der Waals surface area contributed by atoms with E-state index in [9.17, 15) is 0 Å². The number of ether oxygens (including phenoxy) is 1. The second kappa shape index (κ2) is 11.3. The summed E-state index contributed by atoms with van der Waals surface area (Å²) in [5, 5.41) is 0. The number of unbranched alkanes of at least 4 members (excludes halogenated alkanes) is 5. The van der Waals surface area contributed by atoms with Gasteiger partial charge in [0.25, 0.3) is 0 Å². The Morgan fingerprint density at radius 3 is 2.33 bits per heavy atom. The van der Waals surface area contributed by atoms with Gasteiger partial charge >= 0.3 is 0 Å². The zero-order chi connectivity index (χ0) is 12.9. The van der Waals surface area contributed by atoms with E-state index in [1.807, 2.05) is 12.1 Å². The highest BCUT2D eigenvalue weighted by Crippen LogP contribution is 2.05. The van der Waals surface area contributed by atoms with Crippen molar-refractivity contribution in [2.24, 2.45) is 0 Å². The van der Waals surface area contributed by atoms with Crippen LogP contribution < -0.4 is 0 Å². The molecule has 101 valence electrons. The Bertz CT molecular complexity index is 268. The average Bonchev–Trinajstić information content (AvgIpc) is 2.42. The average molecular weight is 247 g/mol. The number of rotatable bonds is 11. The van der Waals surface area contributed by atoms with Gasteiger partial charge in [-0.3, -0.25) is 0 Å². The van der Waals surface area contributed by atoms with Crippen molar-refractivity contribution in [3.63, 3.8) is 0 Å². The van der Waals surface area contributed by atoms with Crippen molar-refractivity contribution >= 4 is 0 Å². The molecule has 0 aliphatic heterocycles. The third-order valence-electron chi connectivity index (χ3n) is 3.18. The number of hydrogen-bond donors (Lipinski definition) is 0. The molecule has 0 amide bonds. The SMILES string of the molecule is CCCCCCCCOCCCc1cc[c]cc1. The second-order valence-electron chi connectivity index (χ2n) is 4.89. The molecular weight excluding hydrogens is 220 g/mol. The normalized spacial score (nSPS) is 10.7. The molecule has 1 aromatic carbocycles. The minimum Gasteiger partial charge on any atom is -0.381 e. The van der Waals surface area contributed by atoms with E-state index in [0.717, 1.165) is 26.1 Å². The van der Waals surface area contributed by atoms with E-state index in [0.29, 0.717) is 0 Å². The summed E-state index contributed by atoms with van der Waals surface area (Å²) in [6.07, 6.45) is 10.3. The highest BCUT2D eigenvalue weighted by atomic mass is 16.5. The maximum atomic E-state index is 5.65. The van der Waals surface area contributed by atoms with Gasteiger partial charge in [-0.15, -0.1) is 0 Å². The largest absolute Gasteiger partial charge is 0.381 e. The molecule has 1 aromatic rings. The van der Waals surface area contributed by atoms with Crippen molar-refractivity contribution in [3.8, 4) is 0 Å². The molecule has 0 fully saturated rings. The maximum absolute atomic E-state index is 5.65. The monoisotopic (exact) mass is 247 g/mol. The van der Waals surface area contributed by atoms with Crippen LogP contribution in [0.2, 0.25) is 0 Å². The molecule has 1 heteroatoms. The van der Waals surface area contributed by atoms with Crippen LogP contribution in [0.15, 0.2) is 24.3 Å². The first-order chi connectivity index (χ1) is 8.93. The molecule has 1 rings (SSSR count). The van der Waals surface area contributed by atoms with E-state index in [1.54, 1.807) is 0 Å². The summed E-state index contributed by atoms with van der Waals surface area (Å²) in [7, 11) is 0. The van der Waals surface area contributed by atoms with Crippen LogP contribution in [0, 0.1) is 6.07 Å². The smallest absolute Gasteiger partial charge is 0.0469 e. The van der Waals surface area contributed by atoms with Crippen LogP contribution in [0.1, 0.15) is 57.4 Å². The van der Waals surface area contributed by atoms with Crippen molar-refractivity contribution in [1.82, 2.24) is 0 Å². The van der Waals surface area contributed by atoms with Crippen LogP contribution in [0.4, 0.5) is 0 Å². The fourth-order valence-electron chi connectivity index (χ4n) is 2.05. The van der Waals surface area contributed by atoms with Gasteiger partial charge in [-0.2, -0.15) is 0 Å². The molecule has 0 unspecified atom stereocenters. The summed E-state index contributed by atoms with van der Waals surface area (Å²) in [4.78, 5) is 0. The molecule has 18 heavy (non-hydrogen) atoms. The standard InChI is InChI=1S/C17H27O/c1-2-3-4-5-6-10-15-18-16-11-14-17-12-8-7-9-13-17/h8-9,12-13H,2-6,10-11,14-16H2,1H3. The van der Waals surface area contributed by atoms with Gasteiger partial charge in [-0.25, -0.2) is 0 Å². The van der Waals surface area contributed by atoms with Gasteiger partial charge < -0.3 is 4.74 Å². The van der Waals surface area contributed by atoms with Gasteiger partial charge in [0, 0.05) is 13.2 Å². The Kier molecular flexibility index (Phi) is 9.55. The lowest BCUT2D eigenvalue weighted by atomic mass is 10.1. The fraction of sp³-hybridized carbons (Fsp3) is 0.647. The highest BCUT2D eigenvalue weighted by Gasteiger charge is 1.93. The predicted molar refractivity (Wildman–Crippen MR) is 77.8 cm³/mol. The van der Waals surface area contributed by atoms with Crippen LogP contribution in [-0.4, -0.2) is 13.2 Å². The highest BCUT2D eigenvalue weighted by molar-refractivity contribution is 5.13. The van der Waals surface area contributed by atoms with Gasteiger partial charge in [0.2, 0.25) is 0 Å². The lowest BCUT2D eigenvalue weighted by Gasteiger charge is -2.04. The van der Waals surface area contributed by atoms with E-state index in [1.165, 1.54) is 44.1 Å². The topological polar surface area (TPSA) is 9.23 Å². The minimum atomic E-state index is 0.896. The summed E-state index contributed by atoms with van der Waals surface area (Å²) >= 11 is 0. The van der Waals surface area contributed by atoms with Crippen LogP contribution in [0.25, 0.3) is 0 Å². The first-order valence-corrected chi connectivity index (χ1v) is 7.46. The molecule has 0 heterocycles. The molecule has 0 N–H and O–H groups in total. The molecule has 0 saturated heterocycles. The van der Waals surface area contributed by atoms with E-state index >= 15 is 0 Å². The van der Waals surface area contributed by atoms with Gasteiger partial charge in [0.15, 0.2) is 0 Å². The number of aryl methyl sites for hydroxylation is 1. The molecule has 0 aliphatic rings. The van der Waals surface area contributed by atoms with E-state index in [-0.39, 0.29) is 0 Å². The Morgan fingerprint density at radius 2 is 1.56 bits per heavy atom. The van der Waals surface area contributed by atoms with Gasteiger partial charge in [0.1, 0.15) is 0 Å². The fourth-order valence-corrected chi connectivity index (χ4v) is 2.05. The summed E-state index contributed by atoms with van der Waals surface area (Å²) in [5.74, 6) is 0. The van der Waals surface area contributed by atoms with Crippen LogP contribution >= 0.6 is 0 Å². The van der Waals surface area contributed by atoms with Gasteiger partial charge in [0.05, 0.1) is 0 Å². The Morgan fingerprint density at radius 1 is 0.889 bits per heavy atom. The molecule has 0 atom stereocenters. The summed E-state index contributed by atoms with van der Waals surface area (Å²) in [6, 6.07) is 11.3. The number of hydrogen-bond acceptors (Lipinski definition) is 1. The minimum absolute atomic E-state index is 0.896. The molecule has 0 aromatic heterocycles. The van der Waals surface area contributed by atoms with Crippen LogP contribution in [0.5, 0.6) is 0 Å². The van der Waals surface area contributed by atoms with Crippen molar-refractivity contribution in [2.75, 3.05) is 13.2 Å². The Labute approximate surface area is 113 Å². The van der Waals surface area contributed by atoms with E-state index < -0.39 is 0 Å². The summed E-state index contributed by atoms with van der Waals surface area (Å²) in [5.41, 5.74) is 1.39. The van der Waals surface area contributed by atoms with Crippen molar-refractivity contribution in [2.45, 2.75) is 58.3 Å². The predicted octanol–water partition coefficient (Wildman–Crippen LogP) is 4.80. The zero-order valence-electron chi connectivity index (χ0n) is 11.8. The van der Waals surface area contributed by atoms with Gasteiger partial charge in [-0.1, -0.05) is 63.3 Å². The third-order valence-corrected chi connectivity index (χ3v) is 3.18. The molecular formula is C17H27O. The van der Waals surface area contributed by atoms with Crippen molar-refractivity contribution in [3.05, 3.63) is 35.9 Å². The quantitative estimate of drug-likeness (QED) is 0.510. The van der Waals surface area contributed by atoms with Crippen molar-refractivity contribution in [1.29, 1.82) is 0 Å². The number of benzene rings is 1. The van der Waals surface area contributed by atoms with Crippen LogP contribution in [0.3, 0.4) is 0 Å². The zero-order valence-corrected chi connectivity index (χ0v) is 11.8. The van der Waals surface area contributed by atoms with E-state index in [4.69, 9.17) is 4.74 Å².